The van der Waals surface area contributed by atoms with Gasteiger partial charge in [0.1, 0.15) is 0 Å². The molecule has 1 fully saturated rings. The minimum absolute atomic E-state index is 0.0341. The van der Waals surface area contributed by atoms with Crippen molar-refractivity contribution in [1.82, 2.24) is 9.80 Å². The van der Waals surface area contributed by atoms with Gasteiger partial charge in [-0.15, -0.1) is 0 Å². The summed E-state index contributed by atoms with van der Waals surface area (Å²) in [5, 5.41) is 0. The van der Waals surface area contributed by atoms with Crippen LogP contribution >= 0.6 is 0 Å². The normalized spacial score (nSPS) is 26.3. The van der Waals surface area contributed by atoms with Crippen LogP contribution in [-0.2, 0) is 4.79 Å². The molecule has 1 saturated heterocycles. The third-order valence-electron chi connectivity index (χ3n) is 4.96. The molecule has 0 bridgehead atoms. The number of benzene rings is 1. The lowest BCUT2D eigenvalue weighted by molar-refractivity contribution is -0.139. The van der Waals surface area contributed by atoms with Gasteiger partial charge >= 0.3 is 0 Å². The Morgan fingerprint density at radius 2 is 1.95 bits per heavy atom. The smallest absolute Gasteiger partial charge is 0.239 e. The van der Waals surface area contributed by atoms with Crippen LogP contribution < -0.4 is 4.90 Å². The molecule has 0 radical (unpaired) electrons. The Hall–Kier alpha value is -1.55. The van der Waals surface area contributed by atoms with Crippen LogP contribution in [0.3, 0.4) is 0 Å². The van der Waals surface area contributed by atoms with Crippen LogP contribution in [0.4, 0.5) is 5.69 Å². The van der Waals surface area contributed by atoms with Crippen molar-refractivity contribution in [2.45, 2.75) is 25.3 Å². The SMILES string of the molecule is CC1CN(CCC2C(=O)N(C)CCN2C)c2ccccc21. The van der Waals surface area contributed by atoms with E-state index in [2.05, 4.69) is 48.0 Å². The van der Waals surface area contributed by atoms with Gasteiger partial charge in [0, 0.05) is 44.8 Å². The highest BCUT2D eigenvalue weighted by molar-refractivity contribution is 5.82. The van der Waals surface area contributed by atoms with Crippen LogP contribution in [0.2, 0.25) is 0 Å². The average molecular weight is 287 g/mol. The predicted molar refractivity (Wildman–Crippen MR) is 85.7 cm³/mol. The van der Waals surface area contributed by atoms with Gasteiger partial charge in [0.2, 0.25) is 5.91 Å². The second-order valence-electron chi connectivity index (χ2n) is 6.45. The number of carbonyl (C=O) groups is 1. The third kappa shape index (κ3) is 2.64. The molecule has 0 spiro atoms. The summed E-state index contributed by atoms with van der Waals surface area (Å²) in [7, 11) is 3.98. The van der Waals surface area contributed by atoms with Crippen molar-refractivity contribution in [1.29, 1.82) is 0 Å². The molecule has 2 atom stereocenters. The first kappa shape index (κ1) is 14.4. The summed E-state index contributed by atoms with van der Waals surface area (Å²) >= 11 is 0. The van der Waals surface area contributed by atoms with Crippen molar-refractivity contribution in [3.63, 3.8) is 0 Å². The van der Waals surface area contributed by atoms with Crippen molar-refractivity contribution < 1.29 is 4.79 Å². The fraction of sp³-hybridized carbons (Fsp3) is 0.588. The number of nitrogens with zero attached hydrogens (tertiary/aromatic N) is 3. The zero-order valence-corrected chi connectivity index (χ0v) is 13.2. The van der Waals surface area contributed by atoms with E-state index in [9.17, 15) is 4.79 Å². The maximum absolute atomic E-state index is 12.3. The molecule has 1 aromatic carbocycles. The first-order valence-corrected chi connectivity index (χ1v) is 7.87. The Labute approximate surface area is 127 Å². The van der Waals surface area contributed by atoms with E-state index >= 15 is 0 Å². The standard InChI is InChI=1S/C17H25N3O/c1-13-12-20(15-7-5-4-6-14(13)15)9-8-16-17(21)19(3)11-10-18(16)2/h4-7,13,16H,8-12H2,1-3H3. The number of rotatable bonds is 3. The molecule has 0 aromatic heterocycles. The van der Waals surface area contributed by atoms with E-state index in [-0.39, 0.29) is 11.9 Å². The van der Waals surface area contributed by atoms with E-state index in [1.54, 1.807) is 0 Å². The van der Waals surface area contributed by atoms with E-state index in [0.717, 1.165) is 32.6 Å². The molecule has 2 aliphatic rings. The first-order chi connectivity index (χ1) is 10.1. The Balaban J connectivity index is 1.67. The molecule has 2 unspecified atom stereocenters. The maximum atomic E-state index is 12.3. The van der Waals surface area contributed by atoms with Crippen LogP contribution in [0.15, 0.2) is 24.3 Å². The molecule has 1 aromatic rings. The van der Waals surface area contributed by atoms with Gasteiger partial charge in [0.05, 0.1) is 6.04 Å². The fourth-order valence-corrected chi connectivity index (χ4v) is 3.57. The number of hydrogen-bond donors (Lipinski definition) is 0. The first-order valence-electron chi connectivity index (χ1n) is 7.87. The van der Waals surface area contributed by atoms with E-state index in [4.69, 9.17) is 0 Å². The van der Waals surface area contributed by atoms with Gasteiger partial charge in [-0.3, -0.25) is 9.69 Å². The molecule has 21 heavy (non-hydrogen) atoms. The number of piperazine rings is 1. The lowest BCUT2D eigenvalue weighted by Gasteiger charge is -2.37. The Kier molecular flexibility index (Phi) is 3.89. The molecule has 4 heteroatoms. The van der Waals surface area contributed by atoms with Crippen LogP contribution in [0.25, 0.3) is 0 Å². The number of para-hydroxylation sites is 1. The zero-order chi connectivity index (χ0) is 15.0. The molecular formula is C17H25N3O. The summed E-state index contributed by atoms with van der Waals surface area (Å²) < 4.78 is 0. The van der Waals surface area contributed by atoms with E-state index < -0.39 is 0 Å². The molecule has 3 rings (SSSR count). The van der Waals surface area contributed by atoms with E-state index in [1.165, 1.54) is 11.3 Å². The highest BCUT2D eigenvalue weighted by Crippen LogP contribution is 2.35. The molecule has 2 aliphatic heterocycles. The van der Waals surface area contributed by atoms with Crippen LogP contribution in [0.5, 0.6) is 0 Å². The molecule has 1 amide bonds. The average Bonchev–Trinajstić information content (AvgIpc) is 2.80. The van der Waals surface area contributed by atoms with Gasteiger partial charge in [0.25, 0.3) is 0 Å². The number of fused-ring (bicyclic) bond motifs is 1. The Bertz CT molecular complexity index is 531. The van der Waals surface area contributed by atoms with Crippen LogP contribution in [-0.4, -0.2) is 62.0 Å². The highest BCUT2D eigenvalue weighted by atomic mass is 16.2. The minimum Gasteiger partial charge on any atom is -0.371 e. The van der Waals surface area contributed by atoms with Gasteiger partial charge in [-0.05, 0) is 25.1 Å². The molecule has 114 valence electrons. The molecule has 0 saturated carbocycles. The molecular weight excluding hydrogens is 262 g/mol. The lowest BCUT2D eigenvalue weighted by atomic mass is 10.0. The number of carbonyl (C=O) groups excluding carboxylic acids is 1. The van der Waals surface area contributed by atoms with Gasteiger partial charge < -0.3 is 9.80 Å². The van der Waals surface area contributed by atoms with Crippen molar-refractivity contribution in [3.8, 4) is 0 Å². The highest BCUT2D eigenvalue weighted by Gasteiger charge is 2.32. The van der Waals surface area contributed by atoms with Gasteiger partial charge in [-0.2, -0.15) is 0 Å². The minimum atomic E-state index is 0.0341. The van der Waals surface area contributed by atoms with E-state index in [0.29, 0.717) is 5.92 Å². The molecule has 0 N–H and O–H groups in total. The molecule has 0 aliphatic carbocycles. The summed E-state index contributed by atoms with van der Waals surface area (Å²) in [6.45, 7) is 6.12. The fourth-order valence-electron chi connectivity index (χ4n) is 3.57. The number of likely N-dealkylation sites (N-methyl/N-ethyl adjacent to an activating group) is 2. The molecule has 4 nitrogen and oxygen atoms in total. The molecule has 2 heterocycles. The van der Waals surface area contributed by atoms with Crippen LogP contribution in [0.1, 0.15) is 24.8 Å². The van der Waals surface area contributed by atoms with Crippen LogP contribution in [0, 0.1) is 0 Å². The lowest BCUT2D eigenvalue weighted by Crippen LogP contribution is -2.54. The van der Waals surface area contributed by atoms with Crippen molar-refractivity contribution in [3.05, 3.63) is 29.8 Å². The van der Waals surface area contributed by atoms with Gasteiger partial charge in [-0.1, -0.05) is 25.1 Å². The van der Waals surface area contributed by atoms with Crippen molar-refractivity contribution in [2.75, 3.05) is 45.2 Å². The monoisotopic (exact) mass is 287 g/mol. The number of hydrogen-bond acceptors (Lipinski definition) is 3. The second-order valence-corrected chi connectivity index (χ2v) is 6.45. The quantitative estimate of drug-likeness (QED) is 0.848. The van der Waals surface area contributed by atoms with E-state index in [1.807, 2.05) is 11.9 Å². The third-order valence-corrected chi connectivity index (χ3v) is 4.96. The Morgan fingerprint density at radius 1 is 1.19 bits per heavy atom. The summed E-state index contributed by atoms with van der Waals surface area (Å²) in [6.07, 6.45) is 0.903. The summed E-state index contributed by atoms with van der Waals surface area (Å²) in [5.41, 5.74) is 2.79. The summed E-state index contributed by atoms with van der Waals surface area (Å²) in [5.74, 6) is 0.855. The maximum Gasteiger partial charge on any atom is 0.239 e. The predicted octanol–water partition coefficient (Wildman–Crippen LogP) is 1.77. The summed E-state index contributed by atoms with van der Waals surface area (Å²) in [6, 6.07) is 8.69. The topological polar surface area (TPSA) is 26.8 Å². The number of amides is 1. The van der Waals surface area contributed by atoms with Crippen molar-refractivity contribution in [2.24, 2.45) is 0 Å². The van der Waals surface area contributed by atoms with Gasteiger partial charge in [0.15, 0.2) is 0 Å². The zero-order valence-electron chi connectivity index (χ0n) is 13.2. The Morgan fingerprint density at radius 3 is 2.76 bits per heavy atom. The van der Waals surface area contributed by atoms with Gasteiger partial charge in [-0.25, -0.2) is 0 Å². The van der Waals surface area contributed by atoms with Crippen molar-refractivity contribution >= 4 is 11.6 Å². The largest absolute Gasteiger partial charge is 0.371 e. The number of anilines is 1. The summed E-state index contributed by atoms with van der Waals surface area (Å²) in [4.78, 5) is 18.8. The second kappa shape index (κ2) is 5.68.